The minimum absolute atomic E-state index is 0.0326. The van der Waals surface area contributed by atoms with Crippen molar-refractivity contribution in [3.8, 4) is 5.75 Å². The minimum atomic E-state index is -2.16. The van der Waals surface area contributed by atoms with Crippen LogP contribution in [0.25, 0.3) is 0 Å². The lowest BCUT2D eigenvalue weighted by Gasteiger charge is -2.24. The second-order valence-corrected chi connectivity index (χ2v) is 7.71. The number of benzene rings is 2. The Hall–Kier alpha value is -2.64. The van der Waals surface area contributed by atoms with Crippen LogP contribution in [0.2, 0.25) is 5.02 Å². The summed E-state index contributed by atoms with van der Waals surface area (Å²) < 4.78 is 19.0. The molecule has 2 amide bonds. The molecular weight excluding hydrogens is 399 g/mol. The van der Waals surface area contributed by atoms with Gasteiger partial charge in [-0.2, -0.15) is 0 Å². The molecule has 8 heteroatoms. The van der Waals surface area contributed by atoms with E-state index in [9.17, 15) is 19.1 Å². The van der Waals surface area contributed by atoms with Gasteiger partial charge in [-0.1, -0.05) is 11.6 Å². The number of ether oxygens (including phenoxy) is 1. The molecule has 0 unspecified atom stereocenters. The van der Waals surface area contributed by atoms with E-state index in [4.69, 9.17) is 16.3 Å². The fourth-order valence-corrected chi connectivity index (χ4v) is 3.96. The third-order valence-electron chi connectivity index (χ3n) is 5.25. The second kappa shape index (κ2) is 7.65. The van der Waals surface area contributed by atoms with Crippen LogP contribution in [-0.4, -0.2) is 35.7 Å². The van der Waals surface area contributed by atoms with Gasteiger partial charge in [0.25, 0.3) is 11.8 Å². The van der Waals surface area contributed by atoms with Gasteiger partial charge in [0.2, 0.25) is 5.60 Å². The molecule has 2 heterocycles. The molecule has 0 radical (unpaired) electrons. The number of amides is 2. The quantitative estimate of drug-likeness (QED) is 0.748. The van der Waals surface area contributed by atoms with E-state index in [1.807, 2.05) is 12.1 Å². The molecule has 29 heavy (non-hydrogen) atoms. The van der Waals surface area contributed by atoms with Crippen molar-refractivity contribution in [1.29, 1.82) is 0 Å². The van der Waals surface area contributed by atoms with E-state index in [1.54, 1.807) is 6.07 Å². The fraction of sp³-hybridized carbons (Fsp3) is 0.333. The van der Waals surface area contributed by atoms with Crippen molar-refractivity contribution in [1.82, 2.24) is 5.32 Å². The number of anilines is 1. The number of hydrogen-bond acceptors (Lipinski definition) is 4. The Kier molecular flexibility index (Phi) is 5.19. The third-order valence-corrected chi connectivity index (χ3v) is 5.47. The monoisotopic (exact) mass is 418 g/mol. The molecule has 1 atom stereocenters. The van der Waals surface area contributed by atoms with E-state index in [0.29, 0.717) is 17.9 Å². The maximum atomic E-state index is 13.4. The Morgan fingerprint density at radius 1 is 1.31 bits per heavy atom. The molecule has 0 spiro atoms. The molecule has 6 nitrogen and oxygen atoms in total. The van der Waals surface area contributed by atoms with Gasteiger partial charge in [-0.25, -0.2) is 4.39 Å². The molecule has 0 saturated carbocycles. The highest BCUT2D eigenvalue weighted by Gasteiger charge is 2.51. The summed E-state index contributed by atoms with van der Waals surface area (Å²) in [4.78, 5) is 26.8. The summed E-state index contributed by atoms with van der Waals surface area (Å²) in [6.07, 6.45) is 1.72. The largest absolute Gasteiger partial charge is 0.493 e. The number of aliphatic hydroxyl groups is 1. The number of carbonyl (C=O) groups excluding carboxylic acids is 2. The number of nitrogens with one attached hydrogen (secondary N) is 1. The van der Waals surface area contributed by atoms with Crippen molar-refractivity contribution in [2.45, 2.75) is 31.4 Å². The van der Waals surface area contributed by atoms with E-state index < -0.39 is 23.2 Å². The van der Waals surface area contributed by atoms with Crippen LogP contribution < -0.4 is 15.0 Å². The molecule has 2 aromatic rings. The van der Waals surface area contributed by atoms with E-state index in [2.05, 4.69) is 5.32 Å². The first kappa shape index (κ1) is 19.7. The Balaban J connectivity index is 1.47. The molecule has 1 saturated heterocycles. The van der Waals surface area contributed by atoms with Crippen molar-refractivity contribution in [3.63, 3.8) is 0 Å². The summed E-state index contributed by atoms with van der Waals surface area (Å²) >= 11 is 5.81. The number of hydrogen-bond donors (Lipinski definition) is 2. The molecule has 2 aliphatic heterocycles. The number of aryl methyl sites for hydroxylation is 1. The van der Waals surface area contributed by atoms with Crippen LogP contribution in [-0.2, 0) is 22.6 Å². The molecule has 0 aromatic heterocycles. The average molecular weight is 419 g/mol. The Bertz CT molecular complexity index is 963. The fourth-order valence-electron chi connectivity index (χ4n) is 3.72. The van der Waals surface area contributed by atoms with Gasteiger partial charge in [-0.15, -0.1) is 0 Å². The molecule has 4 rings (SSSR count). The standard InChI is InChI=1S/C21H20ClFN2O4/c22-15-8-13(9-16(23)11-15)12-24-19(26)21(28)5-6-25(20(21)27)17-3-4-18-14(10-17)2-1-7-29-18/h3-4,8-11,28H,1-2,5-7,12H2,(H,24,26)/t21-/m0/s1. The van der Waals surface area contributed by atoms with Gasteiger partial charge in [0, 0.05) is 30.2 Å². The zero-order valence-electron chi connectivity index (χ0n) is 15.6. The first-order valence-electron chi connectivity index (χ1n) is 9.40. The predicted molar refractivity (Wildman–Crippen MR) is 105 cm³/mol. The minimum Gasteiger partial charge on any atom is -0.493 e. The maximum absolute atomic E-state index is 13.4. The number of nitrogens with zero attached hydrogens (tertiary/aromatic N) is 1. The molecule has 1 fully saturated rings. The summed E-state index contributed by atoms with van der Waals surface area (Å²) in [6.45, 7) is 0.835. The summed E-state index contributed by atoms with van der Waals surface area (Å²) in [5, 5.41) is 13.5. The first-order chi connectivity index (χ1) is 13.9. The normalized spacial score (nSPS) is 20.9. The van der Waals surface area contributed by atoms with Crippen LogP contribution in [0.1, 0.15) is 24.0 Å². The van der Waals surface area contributed by atoms with E-state index in [0.717, 1.165) is 30.2 Å². The molecule has 2 aromatic carbocycles. The predicted octanol–water partition coefficient (Wildman–Crippen LogP) is 2.59. The first-order valence-corrected chi connectivity index (χ1v) is 9.78. The van der Waals surface area contributed by atoms with Crippen molar-refractivity contribution in [3.05, 3.63) is 58.4 Å². The van der Waals surface area contributed by atoms with Gasteiger partial charge in [0.15, 0.2) is 0 Å². The second-order valence-electron chi connectivity index (χ2n) is 7.27. The van der Waals surface area contributed by atoms with Gasteiger partial charge in [-0.05, 0) is 60.4 Å². The average Bonchev–Trinajstić information content (AvgIpc) is 3.01. The van der Waals surface area contributed by atoms with Crippen LogP contribution in [0.15, 0.2) is 36.4 Å². The van der Waals surface area contributed by atoms with Crippen LogP contribution in [0.3, 0.4) is 0 Å². The number of halogens is 2. The van der Waals surface area contributed by atoms with E-state index in [-0.39, 0.29) is 24.5 Å². The maximum Gasteiger partial charge on any atom is 0.268 e. The van der Waals surface area contributed by atoms with Gasteiger partial charge < -0.3 is 20.1 Å². The lowest BCUT2D eigenvalue weighted by Crippen LogP contribution is -2.52. The third kappa shape index (κ3) is 3.80. The number of rotatable bonds is 4. The van der Waals surface area contributed by atoms with Crippen LogP contribution in [0, 0.1) is 5.82 Å². The van der Waals surface area contributed by atoms with Crippen molar-refractivity contribution in [2.75, 3.05) is 18.1 Å². The summed E-state index contributed by atoms with van der Waals surface area (Å²) in [5.41, 5.74) is -0.1000. The lowest BCUT2D eigenvalue weighted by molar-refractivity contribution is -0.149. The summed E-state index contributed by atoms with van der Waals surface area (Å²) in [7, 11) is 0. The van der Waals surface area contributed by atoms with Crippen LogP contribution in [0.4, 0.5) is 10.1 Å². The van der Waals surface area contributed by atoms with Gasteiger partial charge in [0.1, 0.15) is 11.6 Å². The molecule has 152 valence electrons. The lowest BCUT2D eigenvalue weighted by atomic mass is 10.0. The van der Waals surface area contributed by atoms with Crippen molar-refractivity contribution < 1.29 is 23.8 Å². The summed E-state index contributed by atoms with van der Waals surface area (Å²) in [6, 6.07) is 9.32. The number of fused-ring (bicyclic) bond motifs is 1. The Morgan fingerprint density at radius 2 is 2.14 bits per heavy atom. The molecule has 0 aliphatic carbocycles. The van der Waals surface area contributed by atoms with E-state index >= 15 is 0 Å². The Labute approximate surface area is 172 Å². The smallest absolute Gasteiger partial charge is 0.268 e. The zero-order chi connectivity index (χ0) is 20.6. The van der Waals surface area contributed by atoms with Gasteiger partial charge in [0.05, 0.1) is 6.61 Å². The van der Waals surface area contributed by atoms with Crippen LogP contribution in [0.5, 0.6) is 5.75 Å². The van der Waals surface area contributed by atoms with E-state index in [1.165, 1.54) is 17.0 Å². The highest BCUT2D eigenvalue weighted by molar-refractivity contribution is 6.30. The van der Waals surface area contributed by atoms with Gasteiger partial charge >= 0.3 is 0 Å². The topological polar surface area (TPSA) is 78.9 Å². The molecule has 0 bridgehead atoms. The summed E-state index contributed by atoms with van der Waals surface area (Å²) in [5.74, 6) is -1.22. The molecule has 2 N–H and O–H groups in total. The highest BCUT2D eigenvalue weighted by atomic mass is 35.5. The SMILES string of the molecule is O=C(NCc1cc(F)cc(Cl)c1)[C@@]1(O)CCN(c2ccc3c(c2)CCCO3)C1=O. The van der Waals surface area contributed by atoms with Crippen LogP contribution >= 0.6 is 11.6 Å². The molecule has 2 aliphatic rings. The van der Waals surface area contributed by atoms with Crippen molar-refractivity contribution >= 4 is 29.1 Å². The molecular formula is C21H20ClFN2O4. The zero-order valence-corrected chi connectivity index (χ0v) is 16.3. The Morgan fingerprint density at radius 3 is 2.93 bits per heavy atom. The highest BCUT2D eigenvalue weighted by Crippen LogP contribution is 2.33. The van der Waals surface area contributed by atoms with Gasteiger partial charge in [-0.3, -0.25) is 9.59 Å². The van der Waals surface area contributed by atoms with Crippen molar-refractivity contribution in [2.24, 2.45) is 0 Å². The number of carbonyl (C=O) groups is 2.